The van der Waals surface area contributed by atoms with E-state index < -0.39 is 11.7 Å². The second-order valence-corrected chi connectivity index (χ2v) is 5.11. The van der Waals surface area contributed by atoms with Crippen molar-refractivity contribution in [3.63, 3.8) is 0 Å². The van der Waals surface area contributed by atoms with E-state index in [1.54, 1.807) is 25.3 Å². The average Bonchev–Trinajstić information content (AvgIpc) is 2.23. The Morgan fingerprint density at radius 1 is 1.38 bits per heavy atom. The fraction of sp³-hybridized carbons (Fsp3) is 0.500. The van der Waals surface area contributed by atoms with Gasteiger partial charge < -0.3 is 9.84 Å². The molecule has 2 nitrogen and oxygen atoms in total. The summed E-state index contributed by atoms with van der Waals surface area (Å²) in [7, 11) is 1.57. The Hall–Kier alpha value is -0.280. The molecule has 1 unspecified atom stereocenters. The van der Waals surface area contributed by atoms with Gasteiger partial charge in [0, 0.05) is 23.6 Å². The van der Waals surface area contributed by atoms with Crippen molar-refractivity contribution < 1.29 is 9.84 Å². The van der Waals surface area contributed by atoms with Crippen LogP contribution < -0.4 is 0 Å². The summed E-state index contributed by atoms with van der Waals surface area (Å²) in [6.45, 7) is 3.66. The standard InChI is InChI=1S/C12H16Cl2O2/c1-12(2,16-3)11(15)7-8-6-9(13)4-5-10(8)14/h4-6,11,15H,7H2,1-3H3. The lowest BCUT2D eigenvalue weighted by Gasteiger charge is -2.29. The first-order valence-electron chi connectivity index (χ1n) is 5.04. The minimum atomic E-state index is -0.631. The summed E-state index contributed by atoms with van der Waals surface area (Å²) in [5.41, 5.74) is 0.220. The molecular weight excluding hydrogens is 247 g/mol. The van der Waals surface area contributed by atoms with E-state index in [-0.39, 0.29) is 0 Å². The van der Waals surface area contributed by atoms with Crippen LogP contribution in [0.1, 0.15) is 19.4 Å². The van der Waals surface area contributed by atoms with E-state index >= 15 is 0 Å². The van der Waals surface area contributed by atoms with Gasteiger partial charge in [-0.05, 0) is 37.6 Å². The summed E-state index contributed by atoms with van der Waals surface area (Å²) >= 11 is 11.9. The molecule has 0 fully saturated rings. The molecule has 0 aromatic heterocycles. The fourth-order valence-corrected chi connectivity index (χ4v) is 1.68. The zero-order valence-corrected chi connectivity index (χ0v) is 11.1. The molecular formula is C12H16Cl2O2. The zero-order valence-electron chi connectivity index (χ0n) is 9.63. The predicted octanol–water partition coefficient (Wildman–Crippen LogP) is 3.32. The van der Waals surface area contributed by atoms with Crippen LogP contribution in [0.4, 0.5) is 0 Å². The highest BCUT2D eigenvalue weighted by atomic mass is 35.5. The molecule has 1 atom stereocenters. The summed E-state index contributed by atoms with van der Waals surface area (Å²) in [5, 5.41) is 11.2. The molecule has 0 spiro atoms. The molecule has 4 heteroatoms. The highest BCUT2D eigenvalue weighted by Gasteiger charge is 2.27. The second-order valence-electron chi connectivity index (χ2n) is 4.26. The van der Waals surface area contributed by atoms with Crippen molar-refractivity contribution in [2.75, 3.05) is 7.11 Å². The highest BCUT2D eigenvalue weighted by molar-refractivity contribution is 6.33. The largest absolute Gasteiger partial charge is 0.390 e. The first-order chi connectivity index (χ1) is 7.36. The number of aliphatic hydroxyl groups is 1. The van der Waals surface area contributed by atoms with Crippen molar-refractivity contribution in [2.24, 2.45) is 0 Å². The van der Waals surface area contributed by atoms with Gasteiger partial charge in [0.15, 0.2) is 0 Å². The summed E-state index contributed by atoms with van der Waals surface area (Å²) in [5.74, 6) is 0. The van der Waals surface area contributed by atoms with Gasteiger partial charge in [-0.3, -0.25) is 0 Å². The van der Waals surface area contributed by atoms with Crippen LogP contribution in [0, 0.1) is 0 Å². The summed E-state index contributed by atoms with van der Waals surface area (Å²) < 4.78 is 5.22. The van der Waals surface area contributed by atoms with Gasteiger partial charge in [0.25, 0.3) is 0 Å². The Kier molecular flexibility index (Phi) is 4.62. The molecule has 90 valence electrons. The van der Waals surface area contributed by atoms with E-state index in [1.807, 2.05) is 13.8 Å². The quantitative estimate of drug-likeness (QED) is 0.902. The molecule has 1 rings (SSSR count). The number of methoxy groups -OCH3 is 1. The number of aliphatic hydroxyl groups excluding tert-OH is 1. The summed E-state index contributed by atoms with van der Waals surface area (Å²) in [6.07, 6.45) is -0.214. The van der Waals surface area contributed by atoms with Gasteiger partial charge in [-0.25, -0.2) is 0 Å². The van der Waals surface area contributed by atoms with Gasteiger partial charge in [0.2, 0.25) is 0 Å². The number of rotatable bonds is 4. The zero-order chi connectivity index (χ0) is 12.3. The molecule has 1 aromatic rings. The van der Waals surface area contributed by atoms with Crippen LogP contribution in [-0.4, -0.2) is 23.9 Å². The van der Waals surface area contributed by atoms with E-state index in [9.17, 15) is 5.11 Å². The highest BCUT2D eigenvalue weighted by Crippen LogP contribution is 2.25. The van der Waals surface area contributed by atoms with Gasteiger partial charge in [0.1, 0.15) is 0 Å². The third-order valence-electron chi connectivity index (χ3n) is 2.75. The first kappa shape index (κ1) is 13.8. The molecule has 1 N–H and O–H groups in total. The Morgan fingerprint density at radius 3 is 2.56 bits per heavy atom. The molecule has 0 amide bonds. The number of ether oxygens (including phenoxy) is 1. The first-order valence-corrected chi connectivity index (χ1v) is 5.79. The minimum absolute atomic E-state index is 0.417. The van der Waals surface area contributed by atoms with Gasteiger partial charge in [-0.15, -0.1) is 0 Å². The van der Waals surface area contributed by atoms with E-state index in [0.717, 1.165) is 5.56 Å². The van der Waals surface area contributed by atoms with E-state index in [0.29, 0.717) is 16.5 Å². The Morgan fingerprint density at radius 2 is 2.00 bits per heavy atom. The topological polar surface area (TPSA) is 29.5 Å². The molecule has 0 radical (unpaired) electrons. The van der Waals surface area contributed by atoms with Gasteiger partial charge >= 0.3 is 0 Å². The third kappa shape index (κ3) is 3.36. The van der Waals surface area contributed by atoms with Crippen molar-refractivity contribution in [3.8, 4) is 0 Å². The van der Waals surface area contributed by atoms with Crippen LogP contribution in [0.2, 0.25) is 10.0 Å². The lowest BCUT2D eigenvalue weighted by atomic mass is 9.95. The number of hydrogen-bond donors (Lipinski definition) is 1. The molecule has 16 heavy (non-hydrogen) atoms. The molecule has 0 saturated carbocycles. The number of benzene rings is 1. The number of halogens is 2. The van der Waals surface area contributed by atoms with Crippen molar-refractivity contribution in [1.82, 2.24) is 0 Å². The molecule has 0 aliphatic heterocycles. The van der Waals surface area contributed by atoms with E-state index in [2.05, 4.69) is 0 Å². The minimum Gasteiger partial charge on any atom is -0.390 e. The van der Waals surface area contributed by atoms with E-state index in [4.69, 9.17) is 27.9 Å². The smallest absolute Gasteiger partial charge is 0.0883 e. The monoisotopic (exact) mass is 262 g/mol. The molecule has 0 aliphatic rings. The van der Waals surface area contributed by atoms with Gasteiger partial charge in [-0.1, -0.05) is 23.2 Å². The maximum absolute atomic E-state index is 10.0. The Bertz CT molecular complexity index is 364. The second kappa shape index (κ2) is 5.37. The van der Waals surface area contributed by atoms with Crippen LogP contribution in [0.15, 0.2) is 18.2 Å². The molecule has 0 heterocycles. The summed E-state index contributed by atoms with van der Waals surface area (Å²) in [4.78, 5) is 0. The Balaban J connectivity index is 2.84. The lowest BCUT2D eigenvalue weighted by Crippen LogP contribution is -2.39. The maximum Gasteiger partial charge on any atom is 0.0883 e. The maximum atomic E-state index is 10.0. The van der Waals surface area contributed by atoms with Crippen LogP contribution in [0.3, 0.4) is 0 Å². The van der Waals surface area contributed by atoms with Crippen molar-refractivity contribution in [2.45, 2.75) is 32.0 Å². The van der Waals surface area contributed by atoms with Crippen LogP contribution >= 0.6 is 23.2 Å². The number of hydrogen-bond acceptors (Lipinski definition) is 2. The molecule has 0 bridgehead atoms. The van der Waals surface area contributed by atoms with Crippen LogP contribution in [0.5, 0.6) is 0 Å². The van der Waals surface area contributed by atoms with E-state index in [1.165, 1.54) is 0 Å². The van der Waals surface area contributed by atoms with Gasteiger partial charge in [-0.2, -0.15) is 0 Å². The van der Waals surface area contributed by atoms with Gasteiger partial charge in [0.05, 0.1) is 11.7 Å². The van der Waals surface area contributed by atoms with Crippen LogP contribution in [-0.2, 0) is 11.2 Å². The third-order valence-corrected chi connectivity index (χ3v) is 3.35. The summed E-state index contributed by atoms with van der Waals surface area (Å²) in [6, 6.07) is 5.21. The predicted molar refractivity (Wildman–Crippen MR) is 67.3 cm³/mol. The van der Waals surface area contributed by atoms with Crippen molar-refractivity contribution >= 4 is 23.2 Å². The Labute approximate surface area is 106 Å². The molecule has 1 aromatic carbocycles. The van der Waals surface area contributed by atoms with Crippen LogP contribution in [0.25, 0.3) is 0 Å². The van der Waals surface area contributed by atoms with Crippen molar-refractivity contribution in [3.05, 3.63) is 33.8 Å². The normalized spacial score (nSPS) is 13.9. The average molecular weight is 263 g/mol. The fourth-order valence-electron chi connectivity index (χ4n) is 1.29. The molecule has 0 saturated heterocycles. The van der Waals surface area contributed by atoms with Crippen molar-refractivity contribution in [1.29, 1.82) is 0 Å². The lowest BCUT2D eigenvalue weighted by molar-refractivity contribution is -0.0764. The SMILES string of the molecule is COC(C)(C)C(O)Cc1cc(Cl)ccc1Cl. The molecule has 0 aliphatic carbocycles.